The largest absolute Gasteiger partial charge is 0.310 e. The summed E-state index contributed by atoms with van der Waals surface area (Å²) in [4.78, 5) is 2.63. The van der Waals surface area contributed by atoms with Gasteiger partial charge in [0.2, 0.25) is 0 Å². The van der Waals surface area contributed by atoms with Gasteiger partial charge < -0.3 is 4.90 Å². The normalized spacial score (nSPS) is 15.0. The Balaban J connectivity index is 1.03. The predicted octanol–water partition coefficient (Wildman–Crippen LogP) is 19.5. The molecule has 0 radical (unpaired) electrons. The molecule has 0 aromatic heterocycles. The predicted molar refractivity (Wildman–Crippen MR) is 310 cm³/mol. The van der Waals surface area contributed by atoms with Crippen molar-refractivity contribution in [2.24, 2.45) is 0 Å². The standard InChI is InChI=1S/C73H51N/c1-3-19-47(20-4-1)48-33-35-49(36-34-48)61-45-64-60-28-12-16-32-69(60)73(67-30-14-10-25-57(67)58-26-11-15-31-68(58)73)70(64)46-71(61)74(50-37-39-56-54-23-6-5-21-52(54)53-22-7-8-24-55(53)62(56)43-50)51-38-40-66-63(44-51)59-27-9-13-29-65(59)72(66)41-17-2-18-42-72/h1,3-16,19-40,43-46H,2,17-18,41-42H2. The van der Waals surface area contributed by atoms with Crippen molar-refractivity contribution in [2.75, 3.05) is 4.90 Å². The molecule has 0 aliphatic heterocycles. The fraction of sp³-hybridized carbons (Fsp3) is 0.0959. The number of fused-ring (bicyclic) bond motifs is 21. The molecule has 1 heteroatoms. The molecular formula is C73H51N. The smallest absolute Gasteiger partial charge is 0.0726 e. The summed E-state index contributed by atoms with van der Waals surface area (Å²) >= 11 is 0. The molecule has 0 saturated heterocycles. The monoisotopic (exact) mass is 941 g/mol. The molecule has 0 bridgehead atoms. The maximum Gasteiger partial charge on any atom is 0.0726 e. The van der Waals surface area contributed by atoms with Gasteiger partial charge in [0.05, 0.1) is 11.1 Å². The second kappa shape index (κ2) is 15.9. The van der Waals surface area contributed by atoms with E-state index in [0.717, 1.165) is 17.1 Å². The molecule has 1 saturated carbocycles. The SMILES string of the molecule is c1ccc(-c2ccc(-c3cc4c(cc3N(c3ccc5c(c3)-c3ccccc3C53CCCCC3)c3ccc5c6ccccc6c6ccccc6c5c3)C3(c5ccccc5-c5ccccc53)c3ccccc3-4)cc2)cc1. The van der Waals surface area contributed by atoms with E-state index in [2.05, 4.69) is 254 Å². The fourth-order valence-electron chi connectivity index (χ4n) is 14.8. The number of hydrogen-bond donors (Lipinski definition) is 0. The van der Waals surface area contributed by atoms with Crippen molar-refractivity contribution in [3.8, 4) is 55.6 Å². The first-order chi connectivity index (χ1) is 36.7. The molecule has 0 heterocycles. The van der Waals surface area contributed by atoms with Crippen LogP contribution >= 0.6 is 0 Å². The van der Waals surface area contributed by atoms with Crippen molar-refractivity contribution in [2.45, 2.75) is 42.9 Å². The van der Waals surface area contributed by atoms with Crippen molar-refractivity contribution in [1.29, 1.82) is 0 Å². The summed E-state index contributed by atoms with van der Waals surface area (Å²) in [7, 11) is 0. The molecule has 2 spiro atoms. The zero-order valence-electron chi connectivity index (χ0n) is 41.2. The topological polar surface area (TPSA) is 3.24 Å². The van der Waals surface area contributed by atoms with Gasteiger partial charge in [-0.15, -0.1) is 0 Å². The lowest BCUT2D eigenvalue weighted by molar-refractivity contribution is 0.353. The number of anilines is 3. The van der Waals surface area contributed by atoms with Gasteiger partial charge in [-0.3, -0.25) is 0 Å². The van der Waals surface area contributed by atoms with Gasteiger partial charge in [-0.1, -0.05) is 232 Å². The second-order valence-corrected chi connectivity index (χ2v) is 21.3. The maximum atomic E-state index is 2.63. The van der Waals surface area contributed by atoms with Gasteiger partial charge in [-0.25, -0.2) is 0 Å². The minimum atomic E-state index is -0.516. The molecule has 74 heavy (non-hydrogen) atoms. The highest BCUT2D eigenvalue weighted by molar-refractivity contribution is 6.26. The summed E-state index contributed by atoms with van der Waals surface area (Å²) in [5, 5.41) is 7.64. The Kier molecular flexibility index (Phi) is 8.96. The summed E-state index contributed by atoms with van der Waals surface area (Å²) in [6.45, 7) is 0. The molecule has 0 unspecified atom stereocenters. The summed E-state index contributed by atoms with van der Waals surface area (Å²) in [6.07, 6.45) is 6.24. The third-order valence-corrected chi connectivity index (χ3v) is 17.9. The Morgan fingerprint density at radius 2 is 0.689 bits per heavy atom. The average Bonchev–Trinajstić information content (AvgIpc) is 4.04. The quantitative estimate of drug-likeness (QED) is 0.155. The first-order valence-electron chi connectivity index (χ1n) is 26.7. The minimum absolute atomic E-state index is 0.0527. The summed E-state index contributed by atoms with van der Waals surface area (Å²) in [5.74, 6) is 0. The van der Waals surface area contributed by atoms with E-state index >= 15 is 0 Å². The Hall–Kier alpha value is -8.78. The van der Waals surface area contributed by atoms with Gasteiger partial charge in [0.25, 0.3) is 0 Å². The molecule has 16 rings (SSSR count). The van der Waals surface area contributed by atoms with Crippen LogP contribution in [0, 0.1) is 0 Å². The van der Waals surface area contributed by atoms with E-state index in [1.807, 2.05) is 0 Å². The van der Waals surface area contributed by atoms with Gasteiger partial charge in [-0.05, 0) is 165 Å². The summed E-state index contributed by atoms with van der Waals surface area (Å²) in [6, 6.07) is 95.0. The Bertz CT molecular complexity index is 4200. The molecule has 0 N–H and O–H groups in total. The van der Waals surface area contributed by atoms with Crippen LogP contribution in [0.1, 0.15) is 65.5 Å². The van der Waals surface area contributed by atoms with Crippen LogP contribution in [0.15, 0.2) is 249 Å². The van der Waals surface area contributed by atoms with Crippen molar-refractivity contribution >= 4 is 49.4 Å². The van der Waals surface area contributed by atoms with E-state index in [0.29, 0.717) is 0 Å². The van der Waals surface area contributed by atoms with Crippen LogP contribution < -0.4 is 4.90 Å². The Morgan fingerprint density at radius 1 is 0.257 bits per heavy atom. The minimum Gasteiger partial charge on any atom is -0.310 e. The highest BCUT2D eigenvalue weighted by Gasteiger charge is 2.52. The van der Waals surface area contributed by atoms with Crippen molar-refractivity contribution in [3.63, 3.8) is 0 Å². The fourth-order valence-corrected chi connectivity index (χ4v) is 14.8. The molecular weight excluding hydrogens is 891 g/mol. The molecule has 1 fully saturated rings. The lowest BCUT2D eigenvalue weighted by Crippen LogP contribution is -2.28. The molecule has 12 aromatic rings. The average molecular weight is 942 g/mol. The lowest BCUT2D eigenvalue weighted by Gasteiger charge is -2.36. The Labute approximate surface area is 432 Å². The Morgan fingerprint density at radius 3 is 1.31 bits per heavy atom. The number of benzene rings is 12. The second-order valence-electron chi connectivity index (χ2n) is 21.3. The van der Waals surface area contributed by atoms with Crippen LogP contribution in [0.5, 0.6) is 0 Å². The molecule has 348 valence electrons. The maximum absolute atomic E-state index is 2.63. The highest BCUT2D eigenvalue weighted by atomic mass is 15.1. The summed E-state index contributed by atoms with van der Waals surface area (Å²) < 4.78 is 0. The van der Waals surface area contributed by atoms with E-state index in [1.54, 1.807) is 0 Å². The van der Waals surface area contributed by atoms with Crippen molar-refractivity contribution < 1.29 is 0 Å². The molecule has 4 aliphatic carbocycles. The third kappa shape index (κ3) is 5.70. The van der Waals surface area contributed by atoms with Gasteiger partial charge in [0.1, 0.15) is 0 Å². The highest BCUT2D eigenvalue weighted by Crippen LogP contribution is 2.65. The molecule has 0 atom stereocenters. The first kappa shape index (κ1) is 41.8. The van der Waals surface area contributed by atoms with Crippen LogP contribution in [0.4, 0.5) is 17.1 Å². The van der Waals surface area contributed by atoms with Crippen LogP contribution in [0.3, 0.4) is 0 Å². The van der Waals surface area contributed by atoms with Crippen LogP contribution in [-0.2, 0) is 10.8 Å². The first-order valence-corrected chi connectivity index (χ1v) is 26.7. The van der Waals surface area contributed by atoms with Crippen molar-refractivity contribution in [3.05, 3.63) is 282 Å². The van der Waals surface area contributed by atoms with Crippen LogP contribution in [0.25, 0.3) is 88.0 Å². The van der Waals surface area contributed by atoms with E-state index in [9.17, 15) is 0 Å². The van der Waals surface area contributed by atoms with E-state index in [1.165, 1.54) is 153 Å². The number of nitrogens with zero attached hydrogens (tertiary/aromatic N) is 1. The number of rotatable bonds is 5. The van der Waals surface area contributed by atoms with Crippen LogP contribution in [0.2, 0.25) is 0 Å². The third-order valence-electron chi connectivity index (χ3n) is 17.9. The summed E-state index contributed by atoms with van der Waals surface area (Å²) in [5.41, 5.74) is 24.1. The van der Waals surface area contributed by atoms with Crippen LogP contribution in [-0.4, -0.2) is 0 Å². The van der Waals surface area contributed by atoms with Gasteiger partial charge >= 0.3 is 0 Å². The molecule has 12 aromatic carbocycles. The van der Waals surface area contributed by atoms with Gasteiger partial charge in [0, 0.05) is 22.4 Å². The lowest BCUT2D eigenvalue weighted by atomic mass is 9.68. The number of hydrogen-bond acceptors (Lipinski definition) is 1. The van der Waals surface area contributed by atoms with E-state index in [-0.39, 0.29) is 5.41 Å². The van der Waals surface area contributed by atoms with E-state index < -0.39 is 5.41 Å². The molecule has 4 aliphatic rings. The zero-order chi connectivity index (χ0) is 48.5. The van der Waals surface area contributed by atoms with E-state index in [4.69, 9.17) is 0 Å². The molecule has 1 nitrogen and oxygen atoms in total. The molecule has 0 amide bonds. The van der Waals surface area contributed by atoms with Gasteiger partial charge in [0.15, 0.2) is 0 Å². The van der Waals surface area contributed by atoms with Crippen molar-refractivity contribution in [1.82, 2.24) is 0 Å². The zero-order valence-corrected chi connectivity index (χ0v) is 41.2. The van der Waals surface area contributed by atoms with Gasteiger partial charge in [-0.2, -0.15) is 0 Å².